The number of carbonyl (C=O) groups excluding carboxylic acids is 3. The van der Waals surface area contributed by atoms with E-state index >= 15 is 0 Å². The normalized spacial score (nSPS) is 11.8. The first-order chi connectivity index (χ1) is 21.0. The average molecular weight is 665 g/mol. The van der Waals surface area contributed by atoms with Gasteiger partial charge in [-0.1, -0.05) is 47.7 Å². The molecule has 0 aliphatic rings. The first kappa shape index (κ1) is 37.4. The van der Waals surface area contributed by atoms with Crippen LogP contribution in [0.15, 0.2) is 47.3 Å². The molecule has 0 unspecified atom stereocenters. The molecule has 1 amide bonds. The van der Waals surface area contributed by atoms with Crippen LogP contribution >= 0.6 is 11.3 Å². The molecule has 248 valence electrons. The summed E-state index contributed by atoms with van der Waals surface area (Å²) in [5, 5.41) is 16.7. The van der Waals surface area contributed by atoms with Crippen molar-refractivity contribution in [3.05, 3.63) is 63.3 Å². The summed E-state index contributed by atoms with van der Waals surface area (Å²) < 4.78 is 67.8. The number of carbonyl (C=O) groups is 3. The molecular formula is C29H34F6N4O5S. The van der Waals surface area contributed by atoms with Crippen LogP contribution in [0.4, 0.5) is 26.3 Å². The Balaban J connectivity index is 0.000000498. The topological polar surface area (TPSA) is 132 Å². The van der Waals surface area contributed by atoms with Crippen molar-refractivity contribution < 1.29 is 45.8 Å². The van der Waals surface area contributed by atoms with Crippen molar-refractivity contribution in [1.29, 1.82) is 0 Å². The Bertz CT molecular complexity index is 1450. The van der Waals surface area contributed by atoms with E-state index in [0.717, 1.165) is 47.5 Å². The lowest BCUT2D eigenvalue weighted by atomic mass is 10.1. The molecule has 0 bridgehead atoms. The van der Waals surface area contributed by atoms with E-state index in [1.165, 1.54) is 5.56 Å². The summed E-state index contributed by atoms with van der Waals surface area (Å²) in [6.45, 7) is 7.72. The fraction of sp³-hybridized carbons (Fsp3) is 0.448. The summed E-state index contributed by atoms with van der Waals surface area (Å²) in [5.41, 5.74) is 2.83. The third-order valence-electron chi connectivity index (χ3n) is 6.35. The Morgan fingerprint density at radius 3 is 2.02 bits per heavy atom. The quantitative estimate of drug-likeness (QED) is 0.116. The molecule has 1 heterocycles. The van der Waals surface area contributed by atoms with Gasteiger partial charge in [0, 0.05) is 32.1 Å². The number of phenolic OH excluding ortho intramolecular Hbond substituents is 1. The van der Waals surface area contributed by atoms with Gasteiger partial charge >= 0.3 is 28.8 Å². The van der Waals surface area contributed by atoms with Crippen molar-refractivity contribution in [3.63, 3.8) is 0 Å². The smallest absolute Gasteiger partial charge is 0.458 e. The second kappa shape index (κ2) is 17.1. The van der Waals surface area contributed by atoms with Crippen molar-refractivity contribution >= 4 is 39.0 Å². The highest BCUT2D eigenvalue weighted by Gasteiger charge is 2.54. The average Bonchev–Trinajstić information content (AvgIpc) is 3.37. The molecule has 3 rings (SSSR count). The zero-order valence-electron chi connectivity index (χ0n) is 24.5. The molecule has 0 radical (unpaired) electrons. The number of Topliss-reactive ketones (excluding diaryl/α,β-unsaturated/α-hetero) is 2. The lowest BCUT2D eigenvalue weighted by Gasteiger charge is -2.27. The lowest BCUT2D eigenvalue weighted by Crippen LogP contribution is -2.42. The molecule has 16 heteroatoms. The number of fused-ring (bicyclic) bond motifs is 1. The van der Waals surface area contributed by atoms with Crippen molar-refractivity contribution in [2.45, 2.75) is 51.5 Å². The summed E-state index contributed by atoms with van der Waals surface area (Å²) in [5.74, 6) is -6.55. The molecule has 2 aromatic carbocycles. The number of aromatic hydroxyl groups is 1. The van der Waals surface area contributed by atoms with E-state index < -0.39 is 23.9 Å². The number of benzene rings is 2. The van der Waals surface area contributed by atoms with Gasteiger partial charge in [0.05, 0.1) is 4.70 Å². The van der Waals surface area contributed by atoms with E-state index in [9.17, 15) is 50.6 Å². The van der Waals surface area contributed by atoms with E-state index in [1.54, 1.807) is 6.07 Å². The summed E-state index contributed by atoms with van der Waals surface area (Å²) in [4.78, 5) is 48.0. The number of rotatable bonds is 14. The van der Waals surface area contributed by atoms with Crippen molar-refractivity contribution in [1.82, 2.24) is 20.5 Å². The van der Waals surface area contributed by atoms with Crippen molar-refractivity contribution in [3.8, 4) is 5.75 Å². The van der Waals surface area contributed by atoms with Gasteiger partial charge < -0.3 is 25.6 Å². The van der Waals surface area contributed by atoms with Gasteiger partial charge in [0.25, 0.3) is 0 Å². The van der Waals surface area contributed by atoms with Gasteiger partial charge in [-0.15, -0.1) is 0 Å². The van der Waals surface area contributed by atoms with Gasteiger partial charge in [0.2, 0.25) is 5.91 Å². The van der Waals surface area contributed by atoms with E-state index in [2.05, 4.69) is 27.8 Å². The molecule has 9 nitrogen and oxygen atoms in total. The van der Waals surface area contributed by atoms with Crippen LogP contribution < -0.4 is 15.5 Å². The van der Waals surface area contributed by atoms with Crippen LogP contribution in [0.1, 0.15) is 31.4 Å². The van der Waals surface area contributed by atoms with Gasteiger partial charge in [-0.2, -0.15) is 26.3 Å². The molecule has 4 N–H and O–H groups in total. The number of amides is 1. The van der Waals surface area contributed by atoms with E-state index in [0.29, 0.717) is 31.6 Å². The SMILES string of the molecule is CC(C)N(CCNCCc1ccc(O)c2[nH]c(=O)sc12)C(=O)CCNCCc1ccccc1.O=C(C(=O)C(F)(F)F)C(F)(F)F. The summed E-state index contributed by atoms with van der Waals surface area (Å²) >= 11 is 1.12. The molecule has 0 saturated carbocycles. The number of hydrogen-bond acceptors (Lipinski definition) is 8. The highest BCUT2D eigenvalue weighted by molar-refractivity contribution is 7.16. The summed E-state index contributed by atoms with van der Waals surface area (Å²) in [6, 6.07) is 14.0. The maximum atomic E-state index is 12.7. The van der Waals surface area contributed by atoms with Crippen molar-refractivity contribution in [2.75, 3.05) is 32.7 Å². The highest BCUT2D eigenvalue weighted by Crippen LogP contribution is 2.28. The largest absolute Gasteiger partial charge is 0.506 e. The predicted octanol–water partition coefficient (Wildman–Crippen LogP) is 4.14. The monoisotopic (exact) mass is 664 g/mol. The number of halogens is 6. The Morgan fingerprint density at radius 2 is 1.44 bits per heavy atom. The first-order valence-corrected chi connectivity index (χ1v) is 14.6. The van der Waals surface area contributed by atoms with E-state index in [1.807, 2.05) is 43.0 Å². The van der Waals surface area contributed by atoms with Crippen molar-refractivity contribution in [2.24, 2.45) is 0 Å². The standard InChI is InChI=1S/C25H34N4O3S.C4F6O2/c1-18(2)29(22(31)12-15-26-13-10-19-6-4-3-5-7-19)17-16-27-14-11-20-8-9-21(30)23-24(20)33-25(32)28-23;5-3(6,7)1(11)2(12)4(8,9)10/h3-9,18,26-27,30H,10-17H2,1-2H3,(H,28,32);. The molecule has 0 aliphatic carbocycles. The van der Waals surface area contributed by atoms with Crippen LogP contribution in [-0.4, -0.2) is 83.6 Å². The summed E-state index contributed by atoms with van der Waals surface area (Å²) in [7, 11) is 0. The Morgan fingerprint density at radius 1 is 0.867 bits per heavy atom. The Labute approximate surface area is 258 Å². The summed E-state index contributed by atoms with van der Waals surface area (Å²) in [6.07, 6.45) is -9.35. The Hall–Kier alpha value is -3.76. The lowest BCUT2D eigenvalue weighted by molar-refractivity contribution is -0.193. The molecule has 0 aliphatic heterocycles. The number of nitrogens with one attached hydrogen (secondary N) is 3. The first-order valence-electron chi connectivity index (χ1n) is 13.8. The van der Waals surface area contributed by atoms with Crippen LogP contribution in [0.25, 0.3) is 10.2 Å². The highest BCUT2D eigenvalue weighted by atomic mass is 32.1. The molecule has 0 fully saturated rings. The van der Waals surface area contributed by atoms with Gasteiger partial charge in [0.1, 0.15) is 11.3 Å². The fourth-order valence-electron chi connectivity index (χ4n) is 4.09. The Kier molecular flexibility index (Phi) is 14.2. The third kappa shape index (κ3) is 12.3. The van der Waals surface area contributed by atoms with Crippen LogP contribution in [0.2, 0.25) is 0 Å². The molecule has 3 aromatic rings. The zero-order valence-corrected chi connectivity index (χ0v) is 25.3. The minimum Gasteiger partial charge on any atom is -0.506 e. The van der Waals surface area contributed by atoms with Gasteiger partial charge in [-0.05, 0) is 57.0 Å². The number of H-pyrrole nitrogens is 1. The van der Waals surface area contributed by atoms with E-state index in [4.69, 9.17) is 0 Å². The number of thiazole rings is 1. The van der Waals surface area contributed by atoms with Crippen LogP contribution in [0.5, 0.6) is 5.75 Å². The predicted molar refractivity (Wildman–Crippen MR) is 157 cm³/mol. The van der Waals surface area contributed by atoms with E-state index in [-0.39, 0.29) is 22.6 Å². The molecular weight excluding hydrogens is 630 g/mol. The van der Waals surface area contributed by atoms with Crippen LogP contribution in [0.3, 0.4) is 0 Å². The van der Waals surface area contributed by atoms with Crippen LogP contribution in [0, 0.1) is 0 Å². The maximum absolute atomic E-state index is 12.7. The second-order valence-corrected chi connectivity index (χ2v) is 11.0. The number of nitrogens with zero attached hydrogens (tertiary/aromatic N) is 1. The molecule has 0 spiro atoms. The third-order valence-corrected chi connectivity index (χ3v) is 7.31. The van der Waals surface area contributed by atoms with Gasteiger partial charge in [-0.3, -0.25) is 19.2 Å². The number of aromatic nitrogens is 1. The van der Waals surface area contributed by atoms with Gasteiger partial charge in [0.15, 0.2) is 0 Å². The zero-order chi connectivity index (χ0) is 33.8. The van der Waals surface area contributed by atoms with Gasteiger partial charge in [-0.25, -0.2) is 0 Å². The van der Waals surface area contributed by atoms with Crippen LogP contribution in [-0.2, 0) is 27.2 Å². The maximum Gasteiger partial charge on any atom is 0.458 e. The number of ketones is 2. The molecule has 1 aromatic heterocycles. The minimum atomic E-state index is -5.77. The molecule has 0 atom stereocenters. The number of phenols is 1. The molecule has 0 saturated heterocycles. The number of hydrogen-bond donors (Lipinski definition) is 4. The number of alkyl halides is 6. The number of aromatic amines is 1. The molecule has 45 heavy (non-hydrogen) atoms. The fourth-order valence-corrected chi connectivity index (χ4v) is 4.98. The second-order valence-electron chi connectivity index (χ2n) is 10.0. The minimum absolute atomic E-state index is 0.0979.